The van der Waals surface area contributed by atoms with Crippen molar-refractivity contribution in [3.63, 3.8) is 0 Å². The summed E-state index contributed by atoms with van der Waals surface area (Å²) < 4.78 is 27.1. The minimum Gasteiger partial charge on any atom is -0.269 e. The molecule has 0 saturated heterocycles. The molecule has 6 nitrogen and oxygen atoms in total. The van der Waals surface area contributed by atoms with Crippen molar-refractivity contribution in [3.05, 3.63) is 35.4 Å². The van der Waals surface area contributed by atoms with Gasteiger partial charge in [-0.15, -0.1) is 0 Å². The zero-order chi connectivity index (χ0) is 15.8. The average Bonchev–Trinajstić information content (AvgIpc) is 2.63. The number of benzene rings is 1. The van der Waals surface area contributed by atoms with Crippen LogP contribution < -0.4 is 0 Å². The summed E-state index contributed by atoms with van der Waals surface area (Å²) in [6.07, 6.45) is 0.937. The first-order chi connectivity index (χ1) is 9.72. The SMILES string of the molecule is CC(C)C(COS(C)(=O)=O)N1C(=O)c2ccccc2C1=O. The molecule has 114 valence electrons. The number of fused-ring (bicyclic) bond motifs is 1. The van der Waals surface area contributed by atoms with E-state index in [1.165, 1.54) is 0 Å². The number of amides is 2. The molecule has 0 N–H and O–H groups in total. The quantitative estimate of drug-likeness (QED) is 0.604. The Labute approximate surface area is 123 Å². The highest BCUT2D eigenvalue weighted by molar-refractivity contribution is 7.85. The van der Waals surface area contributed by atoms with Crippen LogP contribution in [0.1, 0.15) is 34.6 Å². The summed E-state index contributed by atoms with van der Waals surface area (Å²) in [6, 6.07) is 5.91. The Morgan fingerprint density at radius 3 is 1.95 bits per heavy atom. The Balaban J connectivity index is 2.31. The molecule has 2 rings (SSSR count). The van der Waals surface area contributed by atoms with Crippen molar-refractivity contribution in [1.29, 1.82) is 0 Å². The molecular weight excluding hydrogens is 294 g/mol. The third-order valence-corrected chi connectivity index (χ3v) is 3.94. The second-order valence-corrected chi connectivity index (χ2v) is 6.97. The Hall–Kier alpha value is -1.73. The van der Waals surface area contributed by atoms with Gasteiger partial charge in [0, 0.05) is 0 Å². The zero-order valence-electron chi connectivity index (χ0n) is 12.1. The molecule has 0 bridgehead atoms. The van der Waals surface area contributed by atoms with E-state index in [0.29, 0.717) is 11.1 Å². The maximum Gasteiger partial charge on any atom is 0.264 e. The van der Waals surface area contributed by atoms with Crippen LogP contribution in [-0.4, -0.2) is 44.0 Å². The predicted octanol–water partition coefficient (Wildman–Crippen LogP) is 1.28. The predicted molar refractivity (Wildman–Crippen MR) is 76.4 cm³/mol. The fraction of sp³-hybridized carbons (Fsp3) is 0.429. The van der Waals surface area contributed by atoms with E-state index in [4.69, 9.17) is 4.18 Å². The lowest BCUT2D eigenvalue weighted by Gasteiger charge is -2.28. The molecule has 1 aromatic rings. The average molecular weight is 311 g/mol. The molecule has 7 heteroatoms. The molecule has 1 aliphatic heterocycles. The fourth-order valence-electron chi connectivity index (χ4n) is 2.27. The number of carbonyl (C=O) groups is 2. The van der Waals surface area contributed by atoms with Crippen molar-refractivity contribution in [1.82, 2.24) is 4.90 Å². The highest BCUT2D eigenvalue weighted by Gasteiger charge is 2.41. The van der Waals surface area contributed by atoms with E-state index in [0.717, 1.165) is 11.2 Å². The lowest BCUT2D eigenvalue weighted by Crippen LogP contribution is -2.46. The van der Waals surface area contributed by atoms with Gasteiger partial charge in [0.05, 0.1) is 30.0 Å². The molecule has 0 fully saturated rings. The number of imide groups is 1. The van der Waals surface area contributed by atoms with Crippen LogP contribution in [0.15, 0.2) is 24.3 Å². The minimum atomic E-state index is -3.63. The summed E-state index contributed by atoms with van der Waals surface area (Å²) in [5, 5.41) is 0. The number of carbonyl (C=O) groups excluding carboxylic acids is 2. The van der Waals surface area contributed by atoms with Gasteiger partial charge in [0.15, 0.2) is 0 Å². The molecule has 2 amide bonds. The summed E-state index contributed by atoms with van der Waals surface area (Å²) in [4.78, 5) is 25.9. The van der Waals surface area contributed by atoms with Gasteiger partial charge in [-0.05, 0) is 18.1 Å². The summed E-state index contributed by atoms with van der Waals surface area (Å²) >= 11 is 0. The highest BCUT2D eigenvalue weighted by atomic mass is 32.2. The van der Waals surface area contributed by atoms with Crippen LogP contribution in [-0.2, 0) is 14.3 Å². The van der Waals surface area contributed by atoms with Gasteiger partial charge in [-0.2, -0.15) is 8.42 Å². The summed E-state index contributed by atoms with van der Waals surface area (Å²) in [5.74, 6) is -0.952. The van der Waals surface area contributed by atoms with E-state index in [9.17, 15) is 18.0 Å². The monoisotopic (exact) mass is 311 g/mol. The second-order valence-electron chi connectivity index (χ2n) is 5.33. The van der Waals surface area contributed by atoms with Gasteiger partial charge < -0.3 is 0 Å². The number of nitrogens with zero attached hydrogens (tertiary/aromatic N) is 1. The molecule has 1 aromatic carbocycles. The number of hydrogen-bond acceptors (Lipinski definition) is 5. The van der Waals surface area contributed by atoms with Crippen LogP contribution in [0.5, 0.6) is 0 Å². The maximum absolute atomic E-state index is 12.4. The number of rotatable bonds is 5. The second kappa shape index (κ2) is 5.57. The van der Waals surface area contributed by atoms with Gasteiger partial charge >= 0.3 is 0 Å². The van der Waals surface area contributed by atoms with Crippen LogP contribution in [0.25, 0.3) is 0 Å². The van der Waals surface area contributed by atoms with Crippen LogP contribution in [0.3, 0.4) is 0 Å². The van der Waals surface area contributed by atoms with E-state index in [1.807, 2.05) is 0 Å². The summed E-state index contributed by atoms with van der Waals surface area (Å²) in [6.45, 7) is 3.38. The van der Waals surface area contributed by atoms with Crippen molar-refractivity contribution in [2.24, 2.45) is 5.92 Å². The number of hydrogen-bond donors (Lipinski definition) is 0. The molecule has 21 heavy (non-hydrogen) atoms. The fourth-order valence-corrected chi connectivity index (χ4v) is 2.65. The molecule has 0 saturated carbocycles. The van der Waals surface area contributed by atoms with Gasteiger partial charge in [-0.3, -0.25) is 18.7 Å². The molecule has 0 aromatic heterocycles. The topological polar surface area (TPSA) is 80.8 Å². The molecule has 1 atom stereocenters. The van der Waals surface area contributed by atoms with Crippen molar-refractivity contribution in [2.45, 2.75) is 19.9 Å². The van der Waals surface area contributed by atoms with Crippen LogP contribution in [0.2, 0.25) is 0 Å². The van der Waals surface area contributed by atoms with Crippen LogP contribution in [0, 0.1) is 5.92 Å². The van der Waals surface area contributed by atoms with Crippen molar-refractivity contribution in [3.8, 4) is 0 Å². The van der Waals surface area contributed by atoms with Gasteiger partial charge in [-0.1, -0.05) is 26.0 Å². The molecular formula is C14H17NO5S. The molecule has 0 spiro atoms. The highest BCUT2D eigenvalue weighted by Crippen LogP contribution is 2.27. The van der Waals surface area contributed by atoms with Crippen LogP contribution >= 0.6 is 0 Å². The lowest BCUT2D eigenvalue weighted by atomic mass is 10.0. The Morgan fingerprint density at radius 1 is 1.10 bits per heavy atom. The van der Waals surface area contributed by atoms with Gasteiger partial charge in [0.2, 0.25) is 0 Å². The third kappa shape index (κ3) is 3.14. The normalized spacial score (nSPS) is 16.5. The Bertz CT molecular complexity index is 645. The zero-order valence-corrected chi connectivity index (χ0v) is 12.9. The summed E-state index contributed by atoms with van der Waals surface area (Å²) in [5.41, 5.74) is 0.681. The van der Waals surface area contributed by atoms with E-state index >= 15 is 0 Å². The van der Waals surface area contributed by atoms with E-state index in [-0.39, 0.29) is 12.5 Å². The molecule has 0 radical (unpaired) electrons. The van der Waals surface area contributed by atoms with E-state index in [1.54, 1.807) is 38.1 Å². The molecule has 1 heterocycles. The van der Waals surface area contributed by atoms with Crippen molar-refractivity contribution in [2.75, 3.05) is 12.9 Å². The van der Waals surface area contributed by atoms with Gasteiger partial charge in [0.1, 0.15) is 0 Å². The van der Waals surface area contributed by atoms with E-state index in [2.05, 4.69) is 0 Å². The van der Waals surface area contributed by atoms with Crippen molar-refractivity contribution < 1.29 is 22.2 Å². The molecule has 1 unspecified atom stereocenters. The maximum atomic E-state index is 12.4. The first-order valence-corrected chi connectivity index (χ1v) is 8.35. The first kappa shape index (κ1) is 15.7. The summed E-state index contributed by atoms with van der Waals surface area (Å²) in [7, 11) is -3.63. The molecule has 1 aliphatic rings. The smallest absolute Gasteiger partial charge is 0.264 e. The van der Waals surface area contributed by atoms with Gasteiger partial charge in [-0.25, -0.2) is 0 Å². The Morgan fingerprint density at radius 2 is 1.57 bits per heavy atom. The minimum absolute atomic E-state index is 0.131. The van der Waals surface area contributed by atoms with Crippen LogP contribution in [0.4, 0.5) is 0 Å². The lowest BCUT2D eigenvalue weighted by molar-refractivity contribution is 0.0476. The molecule has 0 aliphatic carbocycles. The van der Waals surface area contributed by atoms with Gasteiger partial charge in [0.25, 0.3) is 21.9 Å². The van der Waals surface area contributed by atoms with E-state index < -0.39 is 28.0 Å². The first-order valence-electron chi connectivity index (χ1n) is 6.53. The standard InChI is InChI=1S/C14H17NO5S/c1-9(2)12(8-20-21(3,18)19)15-13(16)10-6-4-5-7-11(10)14(15)17/h4-7,9,12H,8H2,1-3H3. The third-order valence-electron chi connectivity index (χ3n) is 3.38. The Kier molecular flexibility index (Phi) is 4.15. The largest absolute Gasteiger partial charge is 0.269 e. The van der Waals surface area contributed by atoms with Crippen molar-refractivity contribution >= 4 is 21.9 Å².